The summed E-state index contributed by atoms with van der Waals surface area (Å²) < 4.78 is 0. The molecule has 94 valence electrons. The van der Waals surface area contributed by atoms with Crippen LogP contribution >= 0.6 is 0 Å². The van der Waals surface area contributed by atoms with Gasteiger partial charge in [0.1, 0.15) is 0 Å². The van der Waals surface area contributed by atoms with Gasteiger partial charge >= 0.3 is 0 Å². The number of nitrogens with two attached hydrogens (primary N) is 1. The maximum absolute atomic E-state index is 12.0. The van der Waals surface area contributed by atoms with E-state index in [0.717, 1.165) is 43.4 Å². The molecule has 0 aliphatic rings. The molecule has 0 unspecified atom stereocenters. The number of rotatable bonds is 7. The van der Waals surface area contributed by atoms with E-state index in [0.29, 0.717) is 6.42 Å². The number of hydrogen-bond acceptors (Lipinski definition) is 2. The van der Waals surface area contributed by atoms with E-state index in [9.17, 15) is 4.79 Å². The largest absolute Gasteiger partial charge is 0.330 e. The van der Waals surface area contributed by atoms with Crippen LogP contribution in [0.15, 0.2) is 18.2 Å². The maximum Gasteiger partial charge on any atom is 0.163 e. The minimum Gasteiger partial charge on any atom is -0.330 e. The van der Waals surface area contributed by atoms with Gasteiger partial charge in [0.15, 0.2) is 5.78 Å². The van der Waals surface area contributed by atoms with Gasteiger partial charge in [0, 0.05) is 12.0 Å². The number of carbonyl (C=O) groups is 1. The first-order valence-corrected chi connectivity index (χ1v) is 6.46. The molecule has 0 heterocycles. The van der Waals surface area contributed by atoms with Crippen molar-refractivity contribution in [3.8, 4) is 0 Å². The number of carbonyl (C=O) groups excluding carboxylic acids is 1. The first kappa shape index (κ1) is 13.9. The third-order valence-corrected chi connectivity index (χ3v) is 3.26. The zero-order valence-corrected chi connectivity index (χ0v) is 11.0. The van der Waals surface area contributed by atoms with Crippen molar-refractivity contribution in [1.29, 1.82) is 0 Å². The van der Waals surface area contributed by atoms with Gasteiger partial charge in [-0.15, -0.1) is 0 Å². The maximum atomic E-state index is 12.0. The van der Waals surface area contributed by atoms with Crippen LogP contribution in [0.25, 0.3) is 0 Å². The van der Waals surface area contributed by atoms with E-state index in [1.54, 1.807) is 0 Å². The summed E-state index contributed by atoms with van der Waals surface area (Å²) in [5.41, 5.74) is 8.64. The van der Waals surface area contributed by atoms with Crippen molar-refractivity contribution < 1.29 is 4.79 Å². The molecule has 0 aliphatic carbocycles. The molecule has 1 rings (SSSR count). The Hall–Kier alpha value is -1.15. The molecule has 0 saturated carbocycles. The minimum absolute atomic E-state index is 0.277. The van der Waals surface area contributed by atoms with Crippen molar-refractivity contribution in [2.75, 3.05) is 6.54 Å². The molecule has 2 heteroatoms. The number of benzene rings is 1. The molecule has 0 amide bonds. The Morgan fingerprint density at radius 1 is 1.12 bits per heavy atom. The molecule has 0 aromatic heterocycles. The quantitative estimate of drug-likeness (QED) is 0.579. The number of aryl methyl sites for hydroxylation is 1. The SMILES string of the molecule is Cc1cccc(C(=O)CCCCCCN)c1C. The molecule has 1 aromatic carbocycles. The molecule has 2 N–H and O–H groups in total. The second-order valence-corrected chi connectivity index (χ2v) is 4.62. The fourth-order valence-electron chi connectivity index (χ4n) is 1.97. The zero-order valence-electron chi connectivity index (χ0n) is 11.0. The van der Waals surface area contributed by atoms with Gasteiger partial charge in [-0.25, -0.2) is 0 Å². The highest BCUT2D eigenvalue weighted by Gasteiger charge is 2.09. The van der Waals surface area contributed by atoms with Crippen LogP contribution in [0.4, 0.5) is 0 Å². The molecular weight excluding hydrogens is 210 g/mol. The van der Waals surface area contributed by atoms with Crippen LogP contribution in [0.3, 0.4) is 0 Å². The zero-order chi connectivity index (χ0) is 12.7. The van der Waals surface area contributed by atoms with E-state index in [1.165, 1.54) is 5.56 Å². The van der Waals surface area contributed by atoms with Gasteiger partial charge in [-0.3, -0.25) is 4.79 Å². The Morgan fingerprint density at radius 3 is 2.53 bits per heavy atom. The van der Waals surface area contributed by atoms with E-state index in [2.05, 4.69) is 0 Å². The van der Waals surface area contributed by atoms with Gasteiger partial charge in [0.25, 0.3) is 0 Å². The number of ketones is 1. The summed E-state index contributed by atoms with van der Waals surface area (Å²) in [5.74, 6) is 0.277. The normalized spacial score (nSPS) is 10.5. The molecule has 1 aromatic rings. The molecule has 0 radical (unpaired) electrons. The molecule has 0 aliphatic heterocycles. The fourth-order valence-corrected chi connectivity index (χ4v) is 1.97. The average Bonchev–Trinajstić information content (AvgIpc) is 2.32. The van der Waals surface area contributed by atoms with Crippen molar-refractivity contribution >= 4 is 5.78 Å². The number of unbranched alkanes of at least 4 members (excludes halogenated alkanes) is 3. The highest BCUT2D eigenvalue weighted by molar-refractivity contribution is 5.97. The fraction of sp³-hybridized carbons (Fsp3) is 0.533. The first-order chi connectivity index (χ1) is 8.16. The van der Waals surface area contributed by atoms with E-state index >= 15 is 0 Å². The molecule has 0 fully saturated rings. The second kappa shape index (κ2) is 7.23. The van der Waals surface area contributed by atoms with Crippen LogP contribution in [0.5, 0.6) is 0 Å². The van der Waals surface area contributed by atoms with E-state index < -0.39 is 0 Å². The molecule has 0 atom stereocenters. The van der Waals surface area contributed by atoms with Crippen molar-refractivity contribution in [3.05, 3.63) is 34.9 Å². The number of hydrogen-bond donors (Lipinski definition) is 1. The van der Waals surface area contributed by atoms with E-state index in [4.69, 9.17) is 5.73 Å². The summed E-state index contributed by atoms with van der Waals surface area (Å²) in [6.07, 6.45) is 4.95. The Bertz CT molecular complexity index is 371. The second-order valence-electron chi connectivity index (χ2n) is 4.62. The Balaban J connectivity index is 2.44. The van der Waals surface area contributed by atoms with Crippen molar-refractivity contribution in [3.63, 3.8) is 0 Å². The van der Waals surface area contributed by atoms with Crippen LogP contribution in [0.2, 0.25) is 0 Å². The summed E-state index contributed by atoms with van der Waals surface area (Å²) in [5, 5.41) is 0. The van der Waals surface area contributed by atoms with Gasteiger partial charge in [0.2, 0.25) is 0 Å². The molecule has 2 nitrogen and oxygen atoms in total. The monoisotopic (exact) mass is 233 g/mol. The van der Waals surface area contributed by atoms with Gasteiger partial charge in [0.05, 0.1) is 0 Å². The molecule has 0 bridgehead atoms. The summed E-state index contributed by atoms with van der Waals surface area (Å²) in [6, 6.07) is 5.95. The molecular formula is C15H23NO. The lowest BCUT2D eigenvalue weighted by Crippen LogP contribution is -2.03. The van der Waals surface area contributed by atoms with Crippen molar-refractivity contribution in [2.45, 2.75) is 46.0 Å². The van der Waals surface area contributed by atoms with Crippen LogP contribution in [0.1, 0.15) is 53.6 Å². The van der Waals surface area contributed by atoms with Crippen LogP contribution in [-0.2, 0) is 0 Å². The lowest BCUT2D eigenvalue weighted by molar-refractivity contribution is 0.0978. The topological polar surface area (TPSA) is 43.1 Å². The smallest absolute Gasteiger partial charge is 0.163 e. The summed E-state index contributed by atoms with van der Waals surface area (Å²) in [6.45, 7) is 4.83. The third-order valence-electron chi connectivity index (χ3n) is 3.26. The Kier molecular flexibility index (Phi) is 5.92. The summed E-state index contributed by atoms with van der Waals surface area (Å²) in [7, 11) is 0. The van der Waals surface area contributed by atoms with Crippen molar-refractivity contribution in [1.82, 2.24) is 0 Å². The van der Waals surface area contributed by atoms with Crippen LogP contribution in [-0.4, -0.2) is 12.3 Å². The van der Waals surface area contributed by atoms with Gasteiger partial charge < -0.3 is 5.73 Å². The van der Waals surface area contributed by atoms with E-state index in [1.807, 2.05) is 32.0 Å². The summed E-state index contributed by atoms with van der Waals surface area (Å²) >= 11 is 0. The predicted octanol–water partition coefficient (Wildman–Crippen LogP) is 3.40. The number of Topliss-reactive ketones (excluding diaryl/α,β-unsaturated/α-hetero) is 1. The van der Waals surface area contributed by atoms with Gasteiger partial charge in [-0.2, -0.15) is 0 Å². The average molecular weight is 233 g/mol. The first-order valence-electron chi connectivity index (χ1n) is 6.46. The molecule has 0 spiro atoms. The highest BCUT2D eigenvalue weighted by Crippen LogP contribution is 2.16. The lowest BCUT2D eigenvalue weighted by atomic mass is 9.97. The standard InChI is InChI=1S/C15H23NO/c1-12-8-7-9-14(13(12)2)15(17)10-5-3-4-6-11-16/h7-9H,3-6,10-11,16H2,1-2H3. The Labute approximate surface area is 104 Å². The Morgan fingerprint density at radius 2 is 1.82 bits per heavy atom. The van der Waals surface area contributed by atoms with E-state index in [-0.39, 0.29) is 5.78 Å². The van der Waals surface area contributed by atoms with Crippen LogP contribution in [0, 0.1) is 13.8 Å². The lowest BCUT2D eigenvalue weighted by Gasteiger charge is -2.07. The predicted molar refractivity (Wildman–Crippen MR) is 72.4 cm³/mol. The van der Waals surface area contributed by atoms with Crippen molar-refractivity contribution in [2.24, 2.45) is 5.73 Å². The van der Waals surface area contributed by atoms with Gasteiger partial charge in [-0.05, 0) is 44.4 Å². The van der Waals surface area contributed by atoms with Crippen LogP contribution < -0.4 is 5.73 Å². The minimum atomic E-state index is 0.277. The molecule has 17 heavy (non-hydrogen) atoms. The van der Waals surface area contributed by atoms with Gasteiger partial charge in [-0.1, -0.05) is 31.0 Å². The molecule has 0 saturated heterocycles. The third kappa shape index (κ3) is 4.31. The highest BCUT2D eigenvalue weighted by atomic mass is 16.1. The summed E-state index contributed by atoms with van der Waals surface area (Å²) in [4.78, 5) is 12.0.